The Kier molecular flexibility index (Phi) is 3.82. The van der Waals surface area contributed by atoms with Gasteiger partial charge in [-0.1, -0.05) is 15.9 Å². The first-order chi connectivity index (χ1) is 8.13. The van der Waals surface area contributed by atoms with Crippen molar-refractivity contribution in [2.45, 2.75) is 32.7 Å². The van der Waals surface area contributed by atoms with Crippen molar-refractivity contribution in [2.75, 3.05) is 11.9 Å². The maximum absolute atomic E-state index is 12.4. The molecule has 1 aromatic heterocycles. The van der Waals surface area contributed by atoms with Crippen LogP contribution in [0.5, 0.6) is 0 Å². The molecule has 1 atom stereocenters. The fraction of sp³-hybridized carbons (Fsp3) is 0.538. The number of likely N-dealkylation sites (tertiary alicyclic amines) is 1. The van der Waals surface area contributed by atoms with Gasteiger partial charge in [-0.15, -0.1) is 0 Å². The molecule has 1 aliphatic rings. The second-order valence-electron chi connectivity index (χ2n) is 4.53. The lowest BCUT2D eigenvalue weighted by Crippen LogP contribution is -2.36. The molecule has 1 aromatic rings. The fourth-order valence-corrected chi connectivity index (χ4v) is 3.00. The number of alkyl halides is 1. The summed E-state index contributed by atoms with van der Waals surface area (Å²) < 4.78 is 0. The van der Waals surface area contributed by atoms with Crippen LogP contribution < -0.4 is 0 Å². The van der Waals surface area contributed by atoms with Crippen LogP contribution in [0.3, 0.4) is 0 Å². The number of aromatic nitrogens is 1. The number of hydrogen-bond donors (Lipinski definition) is 0. The lowest BCUT2D eigenvalue weighted by Gasteiger charge is -2.23. The van der Waals surface area contributed by atoms with E-state index in [1.54, 1.807) is 0 Å². The highest BCUT2D eigenvalue weighted by molar-refractivity contribution is 9.09. The van der Waals surface area contributed by atoms with E-state index in [1.165, 1.54) is 0 Å². The Bertz CT molecular complexity index is 433. The van der Waals surface area contributed by atoms with Crippen LogP contribution in [0.2, 0.25) is 0 Å². The third kappa shape index (κ3) is 2.51. The van der Waals surface area contributed by atoms with Gasteiger partial charge in [-0.2, -0.15) is 0 Å². The largest absolute Gasteiger partial charge is 0.335 e. The highest BCUT2D eigenvalue weighted by Crippen LogP contribution is 2.22. The summed E-state index contributed by atoms with van der Waals surface area (Å²) in [5, 5.41) is 0.858. The summed E-state index contributed by atoms with van der Waals surface area (Å²) in [7, 11) is 0. The summed E-state index contributed by atoms with van der Waals surface area (Å²) in [4.78, 5) is 18.7. The molecule has 0 N–H and O–H groups in total. The highest BCUT2D eigenvalue weighted by atomic mass is 79.9. The van der Waals surface area contributed by atoms with Crippen molar-refractivity contribution < 1.29 is 4.79 Å². The third-order valence-electron chi connectivity index (χ3n) is 3.27. The number of aryl methyl sites for hydroxylation is 2. The van der Waals surface area contributed by atoms with E-state index < -0.39 is 0 Å². The molecule has 0 aliphatic carbocycles. The van der Waals surface area contributed by atoms with Crippen molar-refractivity contribution in [1.82, 2.24) is 9.88 Å². The molecular weight excluding hydrogens is 280 g/mol. The number of amides is 1. The molecule has 1 fully saturated rings. The Morgan fingerprint density at radius 3 is 2.94 bits per heavy atom. The predicted molar refractivity (Wildman–Crippen MR) is 71.6 cm³/mol. The molecule has 1 saturated heterocycles. The normalized spacial score (nSPS) is 19.7. The second kappa shape index (κ2) is 5.17. The van der Waals surface area contributed by atoms with E-state index in [0.717, 1.165) is 41.7 Å². The number of nitrogens with zero attached hydrogens (tertiary/aromatic N) is 2. The Hall–Kier alpha value is -0.900. The molecule has 1 amide bonds. The average molecular weight is 297 g/mol. The smallest absolute Gasteiger partial charge is 0.255 e. The summed E-state index contributed by atoms with van der Waals surface area (Å²) in [5.41, 5.74) is 2.52. The van der Waals surface area contributed by atoms with Gasteiger partial charge < -0.3 is 4.90 Å². The first kappa shape index (κ1) is 12.6. The number of hydrogen-bond acceptors (Lipinski definition) is 2. The van der Waals surface area contributed by atoms with Crippen molar-refractivity contribution in [3.63, 3.8) is 0 Å². The summed E-state index contributed by atoms with van der Waals surface area (Å²) in [6.45, 7) is 4.71. The van der Waals surface area contributed by atoms with Gasteiger partial charge in [-0.25, -0.2) is 0 Å². The molecule has 17 heavy (non-hydrogen) atoms. The van der Waals surface area contributed by atoms with Crippen LogP contribution in [-0.4, -0.2) is 33.7 Å². The van der Waals surface area contributed by atoms with E-state index in [-0.39, 0.29) is 5.91 Å². The number of pyridine rings is 1. The lowest BCUT2D eigenvalue weighted by atomic mass is 10.1. The Labute approximate surface area is 110 Å². The zero-order valence-electron chi connectivity index (χ0n) is 10.2. The average Bonchev–Trinajstić information content (AvgIpc) is 2.76. The molecule has 0 radical (unpaired) electrons. The van der Waals surface area contributed by atoms with Gasteiger partial charge >= 0.3 is 0 Å². The third-order valence-corrected chi connectivity index (χ3v) is 4.02. The highest BCUT2D eigenvalue weighted by Gasteiger charge is 2.29. The molecule has 1 unspecified atom stereocenters. The second-order valence-corrected chi connectivity index (χ2v) is 5.18. The Morgan fingerprint density at radius 1 is 1.53 bits per heavy atom. The fourth-order valence-electron chi connectivity index (χ4n) is 2.33. The van der Waals surface area contributed by atoms with Crippen molar-refractivity contribution in [2.24, 2.45) is 0 Å². The monoisotopic (exact) mass is 296 g/mol. The lowest BCUT2D eigenvalue weighted by molar-refractivity contribution is 0.0749. The first-order valence-electron chi connectivity index (χ1n) is 5.94. The van der Waals surface area contributed by atoms with E-state index in [2.05, 4.69) is 20.9 Å². The Balaban J connectivity index is 2.24. The molecule has 4 heteroatoms. The van der Waals surface area contributed by atoms with Crippen molar-refractivity contribution in [3.8, 4) is 0 Å². The minimum Gasteiger partial charge on any atom is -0.335 e. The van der Waals surface area contributed by atoms with Crippen LogP contribution in [0.4, 0.5) is 0 Å². The first-order valence-corrected chi connectivity index (χ1v) is 7.07. The molecular formula is C13H17BrN2O. The predicted octanol–water partition coefficient (Wildman–Crippen LogP) is 2.70. The maximum Gasteiger partial charge on any atom is 0.255 e. The van der Waals surface area contributed by atoms with Gasteiger partial charge in [0.05, 0.1) is 11.3 Å². The summed E-state index contributed by atoms with van der Waals surface area (Å²) in [5.74, 6) is 0.122. The minimum atomic E-state index is 0.122. The van der Waals surface area contributed by atoms with Gasteiger partial charge in [-0.3, -0.25) is 9.78 Å². The summed E-state index contributed by atoms with van der Waals surface area (Å²) in [6, 6.07) is 4.13. The van der Waals surface area contributed by atoms with Gasteiger partial charge in [0.1, 0.15) is 0 Å². The molecule has 92 valence electrons. The van der Waals surface area contributed by atoms with Crippen molar-refractivity contribution in [3.05, 3.63) is 29.1 Å². The Morgan fingerprint density at radius 2 is 2.29 bits per heavy atom. The van der Waals surface area contributed by atoms with Gasteiger partial charge in [-0.05, 0) is 38.8 Å². The van der Waals surface area contributed by atoms with Gasteiger partial charge in [0, 0.05) is 23.6 Å². The maximum atomic E-state index is 12.4. The number of rotatable bonds is 2. The number of carbonyl (C=O) groups is 1. The van der Waals surface area contributed by atoms with Crippen molar-refractivity contribution in [1.29, 1.82) is 0 Å². The molecule has 0 bridgehead atoms. The van der Waals surface area contributed by atoms with Gasteiger partial charge in [0.2, 0.25) is 0 Å². The SMILES string of the molecule is Cc1ccc(C(=O)N2CCCC2CBr)c(C)n1. The molecule has 1 aliphatic heterocycles. The molecule has 3 nitrogen and oxygen atoms in total. The minimum absolute atomic E-state index is 0.122. The molecule has 0 aromatic carbocycles. The number of halogens is 1. The molecule has 2 heterocycles. The summed E-state index contributed by atoms with van der Waals surface area (Å²) >= 11 is 3.48. The number of carbonyl (C=O) groups excluding carboxylic acids is 1. The molecule has 0 spiro atoms. The van der Waals surface area contributed by atoms with Gasteiger partial charge in [0.25, 0.3) is 5.91 Å². The summed E-state index contributed by atoms with van der Waals surface area (Å²) in [6.07, 6.45) is 2.19. The van der Waals surface area contributed by atoms with Crippen LogP contribution in [-0.2, 0) is 0 Å². The van der Waals surface area contributed by atoms with E-state index in [9.17, 15) is 4.79 Å². The van der Waals surface area contributed by atoms with Crippen LogP contribution in [0.15, 0.2) is 12.1 Å². The topological polar surface area (TPSA) is 33.2 Å². The zero-order chi connectivity index (χ0) is 12.4. The van der Waals surface area contributed by atoms with E-state index >= 15 is 0 Å². The van der Waals surface area contributed by atoms with E-state index in [0.29, 0.717) is 6.04 Å². The van der Waals surface area contributed by atoms with E-state index in [4.69, 9.17) is 0 Å². The van der Waals surface area contributed by atoms with Crippen LogP contribution in [0.25, 0.3) is 0 Å². The van der Waals surface area contributed by atoms with Crippen LogP contribution in [0, 0.1) is 13.8 Å². The van der Waals surface area contributed by atoms with Crippen LogP contribution >= 0.6 is 15.9 Å². The van der Waals surface area contributed by atoms with Gasteiger partial charge in [0.15, 0.2) is 0 Å². The standard InChI is InChI=1S/C13H17BrN2O/c1-9-5-6-12(10(2)15-9)13(17)16-7-3-4-11(16)8-14/h5-6,11H,3-4,7-8H2,1-2H3. The quantitative estimate of drug-likeness (QED) is 0.786. The van der Waals surface area contributed by atoms with Crippen molar-refractivity contribution >= 4 is 21.8 Å². The molecule has 2 rings (SSSR count). The zero-order valence-corrected chi connectivity index (χ0v) is 11.8. The van der Waals surface area contributed by atoms with Crippen LogP contribution in [0.1, 0.15) is 34.6 Å². The molecule has 0 saturated carbocycles. The van der Waals surface area contributed by atoms with E-state index in [1.807, 2.05) is 30.9 Å².